The second-order valence-corrected chi connectivity index (χ2v) is 7.54. The van der Waals surface area contributed by atoms with Crippen LogP contribution in [0.1, 0.15) is 47.4 Å². The zero-order valence-corrected chi connectivity index (χ0v) is 14.7. The van der Waals surface area contributed by atoms with Crippen molar-refractivity contribution < 1.29 is 4.79 Å². The third-order valence-electron chi connectivity index (χ3n) is 5.50. The van der Waals surface area contributed by atoms with E-state index >= 15 is 0 Å². The zero-order valence-electron chi connectivity index (χ0n) is 14.0. The molecule has 2 aliphatic rings. The van der Waals surface area contributed by atoms with Gasteiger partial charge in [0.1, 0.15) is 0 Å². The molecule has 0 saturated carbocycles. The Bertz CT molecular complexity index is 785. The first-order chi connectivity index (χ1) is 11.6. The normalized spacial score (nSPS) is 22.9. The van der Waals surface area contributed by atoms with Gasteiger partial charge in [-0.2, -0.15) is 0 Å². The summed E-state index contributed by atoms with van der Waals surface area (Å²) in [4.78, 5) is 14.7. The highest BCUT2D eigenvalue weighted by atomic mass is 35.5. The second kappa shape index (κ2) is 6.25. The van der Waals surface area contributed by atoms with Gasteiger partial charge in [-0.1, -0.05) is 47.5 Å². The number of piperidine rings is 1. The van der Waals surface area contributed by atoms with E-state index in [0.29, 0.717) is 24.3 Å². The molecule has 1 heterocycles. The Morgan fingerprint density at radius 2 is 2.00 bits per heavy atom. The number of benzene rings is 2. The number of carbonyl (C=O) groups is 1. The van der Waals surface area contributed by atoms with Crippen LogP contribution in [0.2, 0.25) is 5.02 Å². The maximum atomic E-state index is 12.6. The molecule has 0 aromatic heterocycles. The van der Waals surface area contributed by atoms with Crippen molar-refractivity contribution in [1.29, 1.82) is 0 Å². The van der Waals surface area contributed by atoms with Crippen molar-refractivity contribution in [2.75, 3.05) is 0 Å². The number of hydrogen-bond donors (Lipinski definition) is 0. The fourth-order valence-corrected chi connectivity index (χ4v) is 4.60. The Balaban J connectivity index is 1.64. The van der Waals surface area contributed by atoms with E-state index < -0.39 is 0 Å². The molecule has 0 unspecified atom stereocenters. The van der Waals surface area contributed by atoms with Gasteiger partial charge in [0, 0.05) is 29.9 Å². The summed E-state index contributed by atoms with van der Waals surface area (Å²) in [6.45, 7) is 2.83. The van der Waals surface area contributed by atoms with Gasteiger partial charge in [0.2, 0.25) is 5.91 Å². The number of likely N-dealkylation sites (tertiary alicyclic amines) is 1. The van der Waals surface area contributed by atoms with Crippen LogP contribution in [-0.4, -0.2) is 16.8 Å². The third-order valence-corrected chi connectivity index (χ3v) is 5.74. The van der Waals surface area contributed by atoms with Crippen molar-refractivity contribution in [2.45, 2.75) is 51.1 Å². The number of hydrogen-bond acceptors (Lipinski definition) is 1. The van der Waals surface area contributed by atoms with E-state index in [1.165, 1.54) is 22.3 Å². The zero-order chi connectivity index (χ0) is 16.7. The minimum Gasteiger partial charge on any atom is -0.335 e. The third kappa shape index (κ3) is 2.84. The Hall–Kier alpha value is -1.80. The number of nitrogens with zero attached hydrogens (tertiary/aromatic N) is 1. The Kier molecular flexibility index (Phi) is 4.09. The van der Waals surface area contributed by atoms with E-state index in [4.69, 9.17) is 11.6 Å². The van der Waals surface area contributed by atoms with E-state index in [1.54, 1.807) is 0 Å². The van der Waals surface area contributed by atoms with E-state index in [0.717, 1.165) is 30.8 Å². The minimum atomic E-state index is 0.301. The Morgan fingerprint density at radius 1 is 1.12 bits per heavy atom. The molecule has 2 nitrogen and oxygen atoms in total. The molecule has 0 radical (unpaired) electrons. The van der Waals surface area contributed by atoms with Crippen molar-refractivity contribution in [1.82, 2.24) is 4.90 Å². The van der Waals surface area contributed by atoms with Gasteiger partial charge in [-0.25, -0.2) is 0 Å². The van der Waals surface area contributed by atoms with Crippen LogP contribution in [0.5, 0.6) is 0 Å². The molecule has 24 heavy (non-hydrogen) atoms. The highest BCUT2D eigenvalue weighted by molar-refractivity contribution is 6.30. The van der Waals surface area contributed by atoms with Crippen molar-refractivity contribution >= 4 is 17.5 Å². The smallest absolute Gasteiger partial charge is 0.223 e. The molecule has 2 aromatic carbocycles. The summed E-state index contributed by atoms with van der Waals surface area (Å²) in [5.41, 5.74) is 5.24. The summed E-state index contributed by atoms with van der Waals surface area (Å²) in [6.07, 6.45) is 3.65. The molecule has 4 rings (SSSR count). The summed E-state index contributed by atoms with van der Waals surface area (Å²) >= 11 is 6.16. The van der Waals surface area contributed by atoms with E-state index in [2.05, 4.69) is 48.2 Å². The van der Waals surface area contributed by atoms with Gasteiger partial charge in [-0.05, 0) is 55.0 Å². The number of fused-ring (bicyclic) bond motifs is 3. The summed E-state index contributed by atoms with van der Waals surface area (Å²) < 4.78 is 0. The van der Waals surface area contributed by atoms with Crippen LogP contribution in [-0.2, 0) is 17.8 Å². The van der Waals surface area contributed by atoms with Crippen molar-refractivity contribution in [2.24, 2.45) is 0 Å². The lowest BCUT2D eigenvalue weighted by Gasteiger charge is -2.45. The van der Waals surface area contributed by atoms with Gasteiger partial charge in [-0.15, -0.1) is 0 Å². The average molecular weight is 340 g/mol. The lowest BCUT2D eigenvalue weighted by atomic mass is 9.74. The first-order valence-electron chi connectivity index (χ1n) is 8.75. The molecule has 1 aliphatic heterocycles. The fourth-order valence-electron chi connectivity index (χ4n) is 4.41. The van der Waals surface area contributed by atoms with Crippen LogP contribution < -0.4 is 0 Å². The molecule has 1 aliphatic carbocycles. The van der Waals surface area contributed by atoms with Gasteiger partial charge in [0.25, 0.3) is 0 Å². The lowest BCUT2D eigenvalue weighted by molar-refractivity contribution is -0.138. The van der Waals surface area contributed by atoms with Gasteiger partial charge >= 0.3 is 0 Å². The SMILES string of the molecule is Cc1cccc(CN2C(=O)CC[C@H]3c4ccc(Cl)cc4CC[C@@H]32)c1. The topological polar surface area (TPSA) is 20.3 Å². The first-order valence-corrected chi connectivity index (χ1v) is 9.13. The first kappa shape index (κ1) is 15.7. The average Bonchev–Trinajstić information content (AvgIpc) is 2.57. The Labute approximate surface area is 148 Å². The number of halogens is 1. The number of amides is 1. The molecule has 0 spiro atoms. The van der Waals surface area contributed by atoms with Crippen LogP contribution in [0.3, 0.4) is 0 Å². The quantitative estimate of drug-likeness (QED) is 0.764. The molecule has 1 amide bonds. The number of rotatable bonds is 2. The monoisotopic (exact) mass is 339 g/mol. The summed E-state index contributed by atoms with van der Waals surface area (Å²) in [7, 11) is 0. The van der Waals surface area contributed by atoms with Gasteiger partial charge in [-0.3, -0.25) is 4.79 Å². The maximum Gasteiger partial charge on any atom is 0.223 e. The van der Waals surface area contributed by atoms with Crippen LogP contribution in [0.25, 0.3) is 0 Å². The maximum absolute atomic E-state index is 12.6. The molecule has 2 aromatic rings. The van der Waals surface area contributed by atoms with Crippen LogP contribution in [0, 0.1) is 6.92 Å². The molecule has 2 atom stereocenters. The molecule has 1 saturated heterocycles. The summed E-state index contributed by atoms with van der Waals surface area (Å²) in [5.74, 6) is 0.753. The highest BCUT2D eigenvalue weighted by Gasteiger charge is 2.39. The van der Waals surface area contributed by atoms with Gasteiger partial charge in [0.05, 0.1) is 0 Å². The molecular weight excluding hydrogens is 318 g/mol. The van der Waals surface area contributed by atoms with E-state index in [-0.39, 0.29) is 0 Å². The number of aryl methyl sites for hydroxylation is 2. The predicted molar refractivity (Wildman–Crippen MR) is 97.3 cm³/mol. The second-order valence-electron chi connectivity index (χ2n) is 7.11. The molecule has 0 N–H and O–H groups in total. The molecule has 124 valence electrons. The van der Waals surface area contributed by atoms with Gasteiger partial charge in [0.15, 0.2) is 0 Å². The van der Waals surface area contributed by atoms with Crippen molar-refractivity contribution in [3.8, 4) is 0 Å². The highest BCUT2D eigenvalue weighted by Crippen LogP contribution is 2.42. The van der Waals surface area contributed by atoms with Crippen LogP contribution in [0.4, 0.5) is 0 Å². The standard InChI is InChI=1S/C21H22ClNO/c1-14-3-2-4-15(11-14)13-23-20-9-5-16-12-17(22)6-7-18(16)19(20)8-10-21(23)24/h2-4,6-7,11-12,19-20H,5,8-10,13H2,1H3/t19-,20-/m0/s1. The molecule has 0 bridgehead atoms. The van der Waals surface area contributed by atoms with Crippen LogP contribution >= 0.6 is 11.6 Å². The number of carbonyl (C=O) groups excluding carboxylic acids is 1. The molecule has 3 heteroatoms. The van der Waals surface area contributed by atoms with Gasteiger partial charge < -0.3 is 4.90 Å². The van der Waals surface area contributed by atoms with Crippen molar-refractivity contribution in [3.05, 3.63) is 69.7 Å². The fraction of sp³-hybridized carbons (Fsp3) is 0.381. The largest absolute Gasteiger partial charge is 0.335 e. The summed E-state index contributed by atoms with van der Waals surface area (Å²) in [5, 5.41) is 0.815. The summed E-state index contributed by atoms with van der Waals surface area (Å²) in [6, 6.07) is 15.1. The molecule has 1 fully saturated rings. The minimum absolute atomic E-state index is 0.301. The predicted octanol–water partition coefficient (Wildman–Crippen LogP) is 4.87. The lowest BCUT2D eigenvalue weighted by Crippen LogP contribution is -2.48. The van der Waals surface area contributed by atoms with E-state index in [9.17, 15) is 4.79 Å². The molecular formula is C21H22ClNO. The van der Waals surface area contributed by atoms with Crippen molar-refractivity contribution in [3.63, 3.8) is 0 Å². The van der Waals surface area contributed by atoms with Crippen LogP contribution in [0.15, 0.2) is 42.5 Å². The Morgan fingerprint density at radius 3 is 2.83 bits per heavy atom. The van der Waals surface area contributed by atoms with E-state index in [1.807, 2.05) is 6.07 Å².